The fraction of sp³-hybridized carbons (Fsp3) is 0.120. The Hall–Kier alpha value is -3.98. The van der Waals surface area contributed by atoms with E-state index >= 15 is 0 Å². The van der Waals surface area contributed by atoms with E-state index in [2.05, 4.69) is 15.5 Å². The molecule has 0 aliphatic carbocycles. The summed E-state index contributed by atoms with van der Waals surface area (Å²) in [7, 11) is 0. The Balaban J connectivity index is 1.48. The summed E-state index contributed by atoms with van der Waals surface area (Å²) >= 11 is 1.23. The average molecular weight is 474 g/mol. The molecular formula is C25H20FN5O2S. The molecule has 0 bridgehead atoms. The molecule has 34 heavy (non-hydrogen) atoms. The van der Waals surface area contributed by atoms with Gasteiger partial charge in [0.15, 0.2) is 5.16 Å². The number of halogens is 1. The van der Waals surface area contributed by atoms with Crippen molar-refractivity contribution in [2.45, 2.75) is 18.6 Å². The van der Waals surface area contributed by atoms with Crippen molar-refractivity contribution in [3.8, 4) is 5.69 Å². The van der Waals surface area contributed by atoms with E-state index in [1.807, 2.05) is 49.4 Å². The molecule has 0 fully saturated rings. The molecule has 0 aliphatic heterocycles. The normalized spacial score (nSPS) is 11.2. The maximum atomic E-state index is 13.4. The van der Waals surface area contributed by atoms with Crippen molar-refractivity contribution in [1.29, 1.82) is 0 Å². The third-order valence-electron chi connectivity index (χ3n) is 5.49. The SMILES string of the molecule is Cc1ccccc1-n1c(=O)c2ccccc2n2c(SCC(=O)NCc3ccc(F)cc3)nnc12. The van der Waals surface area contributed by atoms with Crippen LogP contribution in [0.25, 0.3) is 22.4 Å². The number of thioether (sulfide) groups is 1. The molecule has 5 aromatic rings. The molecule has 7 nitrogen and oxygen atoms in total. The molecule has 5 rings (SSSR count). The van der Waals surface area contributed by atoms with Crippen LogP contribution in [0.2, 0.25) is 0 Å². The summed E-state index contributed by atoms with van der Waals surface area (Å²) in [4.78, 5) is 25.8. The first-order valence-electron chi connectivity index (χ1n) is 10.6. The lowest BCUT2D eigenvalue weighted by Gasteiger charge is -2.13. The predicted molar refractivity (Wildman–Crippen MR) is 130 cm³/mol. The average Bonchev–Trinajstić information content (AvgIpc) is 3.27. The molecule has 0 radical (unpaired) electrons. The minimum absolute atomic E-state index is 0.111. The molecule has 170 valence electrons. The Bertz CT molecular complexity index is 1580. The van der Waals surface area contributed by atoms with Gasteiger partial charge in [-0.1, -0.05) is 54.2 Å². The summed E-state index contributed by atoms with van der Waals surface area (Å²) in [6, 6.07) is 20.9. The zero-order valence-electron chi connectivity index (χ0n) is 18.2. The topological polar surface area (TPSA) is 81.3 Å². The van der Waals surface area contributed by atoms with Gasteiger partial charge in [-0.15, -0.1) is 10.2 Å². The number of para-hydroxylation sites is 2. The zero-order valence-corrected chi connectivity index (χ0v) is 19.1. The minimum Gasteiger partial charge on any atom is -0.351 e. The molecule has 0 saturated heterocycles. The van der Waals surface area contributed by atoms with Gasteiger partial charge < -0.3 is 5.32 Å². The van der Waals surface area contributed by atoms with Crippen molar-refractivity contribution in [1.82, 2.24) is 24.5 Å². The number of aromatic nitrogens is 4. The number of benzene rings is 3. The van der Waals surface area contributed by atoms with Crippen molar-refractivity contribution < 1.29 is 9.18 Å². The number of carbonyl (C=O) groups is 1. The molecule has 0 aliphatic rings. The number of fused-ring (bicyclic) bond motifs is 3. The van der Waals surface area contributed by atoms with Gasteiger partial charge in [0, 0.05) is 6.54 Å². The largest absolute Gasteiger partial charge is 0.351 e. The molecular weight excluding hydrogens is 453 g/mol. The van der Waals surface area contributed by atoms with Gasteiger partial charge in [-0.25, -0.2) is 8.96 Å². The lowest BCUT2D eigenvalue weighted by atomic mass is 10.2. The summed E-state index contributed by atoms with van der Waals surface area (Å²) in [5.41, 5.74) is 2.95. The van der Waals surface area contributed by atoms with Crippen LogP contribution in [0, 0.1) is 12.7 Å². The van der Waals surface area contributed by atoms with Crippen LogP contribution in [-0.2, 0) is 11.3 Å². The van der Waals surface area contributed by atoms with Crippen molar-refractivity contribution in [3.05, 3.63) is 100 Å². The first kappa shape index (κ1) is 21.8. The van der Waals surface area contributed by atoms with E-state index in [4.69, 9.17) is 0 Å². The van der Waals surface area contributed by atoms with E-state index in [0.29, 0.717) is 28.4 Å². The maximum Gasteiger partial charge on any atom is 0.267 e. The second-order valence-corrected chi connectivity index (χ2v) is 8.70. The molecule has 2 aromatic heterocycles. The van der Waals surface area contributed by atoms with Gasteiger partial charge in [-0.2, -0.15) is 0 Å². The number of nitrogens with one attached hydrogen (secondary N) is 1. The minimum atomic E-state index is -0.319. The quantitative estimate of drug-likeness (QED) is 0.379. The Labute approximate surface area is 198 Å². The summed E-state index contributed by atoms with van der Waals surface area (Å²) in [5.74, 6) is -0.0182. The Morgan fingerprint density at radius 1 is 1.00 bits per heavy atom. The van der Waals surface area contributed by atoms with Gasteiger partial charge in [0.2, 0.25) is 11.7 Å². The number of amides is 1. The number of nitrogens with zero attached hydrogens (tertiary/aromatic N) is 4. The van der Waals surface area contributed by atoms with Crippen molar-refractivity contribution in [2.24, 2.45) is 0 Å². The molecule has 0 saturated carbocycles. The molecule has 0 unspecified atom stereocenters. The van der Waals surface area contributed by atoms with Crippen molar-refractivity contribution >= 4 is 34.3 Å². The summed E-state index contributed by atoms with van der Waals surface area (Å²) in [5, 5.41) is 12.5. The number of hydrogen-bond acceptors (Lipinski definition) is 5. The number of aryl methyl sites for hydroxylation is 1. The fourth-order valence-electron chi connectivity index (χ4n) is 3.79. The highest BCUT2D eigenvalue weighted by Crippen LogP contribution is 2.24. The van der Waals surface area contributed by atoms with Crippen LogP contribution < -0.4 is 10.9 Å². The highest BCUT2D eigenvalue weighted by atomic mass is 32.2. The summed E-state index contributed by atoms with van der Waals surface area (Å²) < 4.78 is 16.4. The van der Waals surface area contributed by atoms with Crippen LogP contribution in [0.3, 0.4) is 0 Å². The van der Waals surface area contributed by atoms with Crippen LogP contribution in [-0.4, -0.2) is 30.8 Å². The second-order valence-electron chi connectivity index (χ2n) is 7.75. The molecule has 9 heteroatoms. The van der Waals surface area contributed by atoms with E-state index < -0.39 is 0 Å². The second kappa shape index (κ2) is 9.11. The first-order valence-corrected chi connectivity index (χ1v) is 11.6. The standard InChI is InChI=1S/C25H20FN5O2S/c1-16-6-2-4-8-20(16)30-23(33)19-7-3-5-9-21(19)31-24(30)28-29-25(31)34-15-22(32)27-14-17-10-12-18(26)13-11-17/h2-13H,14-15H2,1H3,(H,27,32). The smallest absolute Gasteiger partial charge is 0.267 e. The van der Waals surface area contributed by atoms with Gasteiger partial charge in [0.25, 0.3) is 5.56 Å². The monoisotopic (exact) mass is 473 g/mol. The molecule has 3 aromatic carbocycles. The van der Waals surface area contributed by atoms with Gasteiger partial charge in [0.05, 0.1) is 22.3 Å². The fourth-order valence-corrected chi connectivity index (χ4v) is 4.56. The highest BCUT2D eigenvalue weighted by molar-refractivity contribution is 7.99. The Morgan fingerprint density at radius 2 is 1.74 bits per heavy atom. The zero-order chi connectivity index (χ0) is 23.7. The Morgan fingerprint density at radius 3 is 2.53 bits per heavy atom. The van der Waals surface area contributed by atoms with Crippen LogP contribution in [0.4, 0.5) is 4.39 Å². The third kappa shape index (κ3) is 4.06. The van der Waals surface area contributed by atoms with Crippen molar-refractivity contribution in [2.75, 3.05) is 5.75 Å². The van der Waals surface area contributed by atoms with E-state index in [1.54, 1.807) is 27.2 Å². The predicted octanol–water partition coefficient (Wildman–Crippen LogP) is 3.89. The number of hydrogen-bond donors (Lipinski definition) is 1. The molecule has 0 spiro atoms. The van der Waals surface area contributed by atoms with Gasteiger partial charge in [-0.05, 0) is 48.4 Å². The van der Waals surface area contributed by atoms with Crippen LogP contribution >= 0.6 is 11.8 Å². The van der Waals surface area contributed by atoms with Gasteiger partial charge in [-0.3, -0.25) is 14.0 Å². The lowest BCUT2D eigenvalue weighted by Crippen LogP contribution is -2.25. The van der Waals surface area contributed by atoms with E-state index in [-0.39, 0.29) is 23.0 Å². The van der Waals surface area contributed by atoms with Crippen molar-refractivity contribution in [3.63, 3.8) is 0 Å². The summed E-state index contributed by atoms with van der Waals surface area (Å²) in [6.45, 7) is 2.24. The summed E-state index contributed by atoms with van der Waals surface area (Å²) in [6.07, 6.45) is 0. The third-order valence-corrected chi connectivity index (χ3v) is 6.42. The molecule has 0 atom stereocenters. The lowest BCUT2D eigenvalue weighted by molar-refractivity contribution is -0.118. The van der Waals surface area contributed by atoms with Gasteiger partial charge >= 0.3 is 0 Å². The first-order chi connectivity index (χ1) is 16.5. The molecule has 1 amide bonds. The van der Waals surface area contributed by atoms with E-state index in [0.717, 1.165) is 16.8 Å². The number of carbonyl (C=O) groups excluding carboxylic acids is 1. The Kier molecular flexibility index (Phi) is 5.85. The van der Waals surface area contributed by atoms with Crippen LogP contribution in [0.1, 0.15) is 11.1 Å². The van der Waals surface area contributed by atoms with E-state index in [9.17, 15) is 14.0 Å². The van der Waals surface area contributed by atoms with Crippen LogP contribution in [0.5, 0.6) is 0 Å². The maximum absolute atomic E-state index is 13.4. The highest BCUT2D eigenvalue weighted by Gasteiger charge is 2.19. The van der Waals surface area contributed by atoms with Crippen LogP contribution in [0.15, 0.2) is 82.7 Å². The number of rotatable bonds is 6. The van der Waals surface area contributed by atoms with E-state index in [1.165, 1.54) is 23.9 Å². The molecule has 2 heterocycles. The molecule has 1 N–H and O–H groups in total. The van der Waals surface area contributed by atoms with Gasteiger partial charge in [0.1, 0.15) is 5.82 Å².